The maximum Gasteiger partial charge on any atom is 0.341 e. The Kier molecular flexibility index (Phi) is 4.99. The number of aromatic nitrogens is 1. The highest BCUT2D eigenvalue weighted by atomic mass is 35.5. The monoisotopic (exact) mass is 431 g/mol. The second-order valence-corrected chi connectivity index (χ2v) is 7.72. The van der Waals surface area contributed by atoms with E-state index < -0.39 is 22.8 Å². The van der Waals surface area contributed by atoms with Crippen LogP contribution in [0.1, 0.15) is 10.4 Å². The van der Waals surface area contributed by atoms with Crippen molar-refractivity contribution in [1.82, 2.24) is 4.57 Å². The van der Waals surface area contributed by atoms with Crippen LogP contribution in [0.5, 0.6) is 0 Å². The standard InChI is InChI=1S/C20H15ClFN3O3S/c21-14-3-4-24(9-11(14)8-23)17-7-16-12(6-15(17)22)19(26)13(20(27)28)10-25(16)18-2-1-5-29-18/h1-3,5-7,9-10H,4,8,23H2,(H,27,28). The quantitative estimate of drug-likeness (QED) is 0.658. The molecule has 0 amide bonds. The van der Waals surface area contributed by atoms with Crippen molar-refractivity contribution in [1.29, 1.82) is 0 Å². The van der Waals surface area contributed by atoms with Crippen molar-refractivity contribution >= 4 is 45.5 Å². The van der Waals surface area contributed by atoms with Crippen LogP contribution in [0.3, 0.4) is 0 Å². The molecule has 0 radical (unpaired) electrons. The molecule has 1 aliphatic heterocycles. The van der Waals surface area contributed by atoms with E-state index in [1.54, 1.807) is 27.8 Å². The van der Waals surface area contributed by atoms with Crippen LogP contribution in [-0.4, -0.2) is 28.7 Å². The lowest BCUT2D eigenvalue weighted by Crippen LogP contribution is -2.24. The van der Waals surface area contributed by atoms with Crippen LogP contribution in [0.15, 0.2) is 63.5 Å². The number of thiophene rings is 1. The summed E-state index contributed by atoms with van der Waals surface area (Å²) in [6, 6.07) is 6.22. The van der Waals surface area contributed by atoms with Crippen LogP contribution in [0.25, 0.3) is 15.9 Å². The Morgan fingerprint density at radius 2 is 2.17 bits per heavy atom. The number of hydrogen-bond donors (Lipinski definition) is 2. The van der Waals surface area contributed by atoms with Crippen molar-refractivity contribution in [3.63, 3.8) is 0 Å². The molecular weight excluding hydrogens is 417 g/mol. The largest absolute Gasteiger partial charge is 0.477 e. The molecule has 4 rings (SSSR count). The minimum Gasteiger partial charge on any atom is -0.477 e. The summed E-state index contributed by atoms with van der Waals surface area (Å²) in [5.74, 6) is -2.01. The maximum atomic E-state index is 15.0. The van der Waals surface area contributed by atoms with E-state index in [0.717, 1.165) is 6.07 Å². The molecule has 3 heterocycles. The number of aromatic carboxylic acids is 1. The Labute approximate surface area is 173 Å². The zero-order valence-corrected chi connectivity index (χ0v) is 16.5. The number of carboxylic acids is 1. The number of carbonyl (C=O) groups is 1. The van der Waals surface area contributed by atoms with Gasteiger partial charge in [0.25, 0.3) is 0 Å². The number of benzene rings is 1. The molecule has 29 heavy (non-hydrogen) atoms. The van der Waals surface area contributed by atoms with Gasteiger partial charge < -0.3 is 20.3 Å². The third-order valence-corrected chi connectivity index (χ3v) is 5.93. The SMILES string of the molecule is NCC1=CN(c2cc3c(cc2F)c(=O)c(C(=O)O)cn3-c2cccs2)CC=C1Cl. The van der Waals surface area contributed by atoms with Crippen molar-refractivity contribution in [3.05, 3.63) is 80.3 Å². The molecule has 0 saturated carbocycles. The van der Waals surface area contributed by atoms with Crippen molar-refractivity contribution in [3.8, 4) is 5.00 Å². The zero-order valence-electron chi connectivity index (χ0n) is 14.9. The number of halogens is 2. The van der Waals surface area contributed by atoms with Gasteiger partial charge in [0.2, 0.25) is 5.43 Å². The van der Waals surface area contributed by atoms with Gasteiger partial charge in [-0.3, -0.25) is 4.79 Å². The number of pyridine rings is 1. The minimum atomic E-state index is -1.36. The van der Waals surface area contributed by atoms with Crippen molar-refractivity contribution in [2.45, 2.75) is 0 Å². The molecule has 0 fully saturated rings. The molecule has 0 spiro atoms. The van der Waals surface area contributed by atoms with Crippen molar-refractivity contribution in [2.75, 3.05) is 18.0 Å². The number of hydrogen-bond acceptors (Lipinski definition) is 5. The lowest BCUT2D eigenvalue weighted by Gasteiger charge is -2.25. The van der Waals surface area contributed by atoms with Gasteiger partial charge in [-0.15, -0.1) is 11.3 Å². The highest BCUT2D eigenvalue weighted by Crippen LogP contribution is 2.31. The van der Waals surface area contributed by atoms with Crippen LogP contribution >= 0.6 is 22.9 Å². The van der Waals surface area contributed by atoms with E-state index in [1.807, 2.05) is 11.4 Å². The van der Waals surface area contributed by atoms with Crippen molar-refractivity contribution in [2.24, 2.45) is 5.73 Å². The molecule has 3 N–H and O–H groups in total. The molecule has 0 bridgehead atoms. The Balaban J connectivity index is 1.99. The van der Waals surface area contributed by atoms with Gasteiger partial charge in [-0.05, 0) is 35.7 Å². The smallest absolute Gasteiger partial charge is 0.341 e. The van der Waals surface area contributed by atoms with Gasteiger partial charge in [0.1, 0.15) is 11.4 Å². The Morgan fingerprint density at radius 1 is 1.38 bits per heavy atom. The van der Waals surface area contributed by atoms with E-state index >= 15 is 0 Å². The molecule has 0 saturated heterocycles. The number of nitrogens with two attached hydrogens (primary N) is 1. The lowest BCUT2D eigenvalue weighted by molar-refractivity contribution is 0.0695. The topological polar surface area (TPSA) is 88.6 Å². The van der Waals surface area contributed by atoms with Gasteiger partial charge in [0.05, 0.1) is 16.2 Å². The Hall–Kier alpha value is -2.94. The predicted octanol–water partition coefficient (Wildman–Crippen LogP) is 3.67. The third kappa shape index (κ3) is 3.35. The maximum absolute atomic E-state index is 15.0. The van der Waals surface area contributed by atoms with Crippen molar-refractivity contribution < 1.29 is 14.3 Å². The molecule has 2 aromatic heterocycles. The van der Waals surface area contributed by atoms with Crippen LogP contribution < -0.4 is 16.1 Å². The highest BCUT2D eigenvalue weighted by Gasteiger charge is 2.21. The van der Waals surface area contributed by atoms with Gasteiger partial charge in [0, 0.05) is 41.5 Å². The van der Waals surface area contributed by atoms with E-state index in [0.29, 0.717) is 27.7 Å². The summed E-state index contributed by atoms with van der Waals surface area (Å²) in [5, 5.41) is 12.5. The fraction of sp³-hybridized carbons (Fsp3) is 0.100. The van der Waals surface area contributed by atoms with Crippen LogP contribution in [-0.2, 0) is 0 Å². The first-order valence-electron chi connectivity index (χ1n) is 8.60. The molecule has 148 valence electrons. The molecule has 0 aliphatic carbocycles. The van der Waals surface area contributed by atoms with E-state index in [4.69, 9.17) is 17.3 Å². The fourth-order valence-corrected chi connectivity index (χ4v) is 4.14. The molecule has 1 aliphatic rings. The van der Waals surface area contributed by atoms with Crippen LogP contribution in [0.4, 0.5) is 10.1 Å². The molecule has 9 heteroatoms. The lowest BCUT2D eigenvalue weighted by atomic mass is 10.1. The van der Waals surface area contributed by atoms with Gasteiger partial charge in [-0.25, -0.2) is 9.18 Å². The second kappa shape index (κ2) is 7.47. The summed E-state index contributed by atoms with van der Waals surface area (Å²) in [4.78, 5) is 25.8. The van der Waals surface area contributed by atoms with E-state index in [2.05, 4.69) is 0 Å². The average Bonchev–Trinajstić information content (AvgIpc) is 3.23. The van der Waals surface area contributed by atoms with E-state index in [1.165, 1.54) is 23.6 Å². The van der Waals surface area contributed by atoms with E-state index in [-0.39, 0.29) is 17.6 Å². The minimum absolute atomic E-state index is 0.00633. The first-order chi connectivity index (χ1) is 13.9. The number of anilines is 1. The summed E-state index contributed by atoms with van der Waals surface area (Å²) in [5.41, 5.74) is 5.85. The first kappa shape index (κ1) is 19.4. The summed E-state index contributed by atoms with van der Waals surface area (Å²) in [7, 11) is 0. The molecule has 0 unspecified atom stereocenters. The highest BCUT2D eigenvalue weighted by molar-refractivity contribution is 7.12. The van der Waals surface area contributed by atoms with Gasteiger partial charge in [-0.2, -0.15) is 0 Å². The van der Waals surface area contributed by atoms with Gasteiger partial charge in [-0.1, -0.05) is 11.6 Å². The summed E-state index contributed by atoms with van der Waals surface area (Å²) < 4.78 is 16.6. The second-order valence-electron chi connectivity index (χ2n) is 6.38. The normalized spacial score (nSPS) is 14.1. The number of nitrogens with zero attached hydrogens (tertiary/aromatic N) is 2. The van der Waals surface area contributed by atoms with Crippen LogP contribution in [0.2, 0.25) is 0 Å². The number of fused-ring (bicyclic) bond motifs is 1. The Bertz CT molecular complexity index is 1250. The molecular formula is C20H15ClFN3O3S. The predicted molar refractivity (Wildman–Crippen MR) is 113 cm³/mol. The summed E-state index contributed by atoms with van der Waals surface area (Å²) >= 11 is 7.50. The molecule has 0 atom stereocenters. The zero-order chi connectivity index (χ0) is 20.7. The Morgan fingerprint density at radius 3 is 2.83 bits per heavy atom. The number of carboxylic acid groups (broad SMARTS) is 1. The summed E-state index contributed by atoms with van der Waals surface area (Å²) in [6.45, 7) is 0.532. The van der Waals surface area contributed by atoms with Gasteiger partial charge >= 0.3 is 5.97 Å². The number of rotatable bonds is 4. The van der Waals surface area contributed by atoms with Crippen LogP contribution in [0, 0.1) is 5.82 Å². The average molecular weight is 432 g/mol. The van der Waals surface area contributed by atoms with Gasteiger partial charge in [0.15, 0.2) is 0 Å². The molecule has 1 aromatic carbocycles. The summed E-state index contributed by atoms with van der Waals surface area (Å²) in [6.07, 6.45) is 4.67. The molecule has 6 nitrogen and oxygen atoms in total. The first-order valence-corrected chi connectivity index (χ1v) is 9.86. The third-order valence-electron chi connectivity index (χ3n) is 4.66. The van der Waals surface area contributed by atoms with E-state index in [9.17, 15) is 19.1 Å². The molecule has 3 aromatic rings. The fourth-order valence-electron chi connectivity index (χ4n) is 3.23.